The quantitative estimate of drug-likeness (QED) is 0.590. The molecule has 0 aliphatic heterocycles. The molecule has 144 valence electrons. The molecule has 0 aliphatic carbocycles. The molecule has 0 aromatic heterocycles. The number of carbonyl (C=O) groups is 2. The molecular weight excluding hydrogens is 416 g/mol. The van der Waals surface area contributed by atoms with Crippen molar-refractivity contribution in [3.8, 4) is 17.2 Å². The van der Waals surface area contributed by atoms with Crippen molar-refractivity contribution >= 4 is 27.7 Å². The Balaban J connectivity index is 1.64. The predicted octanol–water partition coefficient (Wildman–Crippen LogP) is 2.84. The van der Waals surface area contributed by atoms with Gasteiger partial charge in [0.15, 0.2) is 18.1 Å². The second-order valence-electron chi connectivity index (χ2n) is 5.32. The van der Waals surface area contributed by atoms with E-state index in [4.69, 9.17) is 14.2 Å². The lowest BCUT2D eigenvalue weighted by Gasteiger charge is -2.12. The summed E-state index contributed by atoms with van der Waals surface area (Å²) in [7, 11) is 0. The lowest BCUT2D eigenvalue weighted by atomic mass is 10.3. The molecule has 27 heavy (non-hydrogen) atoms. The Labute approximate surface area is 166 Å². The zero-order valence-corrected chi connectivity index (χ0v) is 16.5. The summed E-state index contributed by atoms with van der Waals surface area (Å²) in [5.74, 6) is 0.911. The fraction of sp³-hybridized carbons (Fsp3) is 0.263. The fourth-order valence-corrected chi connectivity index (χ4v) is 2.28. The van der Waals surface area contributed by atoms with E-state index < -0.39 is 5.91 Å². The molecule has 0 unspecified atom stereocenters. The van der Waals surface area contributed by atoms with E-state index >= 15 is 0 Å². The van der Waals surface area contributed by atoms with Crippen LogP contribution in [0.3, 0.4) is 0 Å². The third-order valence-electron chi connectivity index (χ3n) is 3.26. The number of para-hydroxylation sites is 2. The Bertz CT molecular complexity index is 752. The minimum atomic E-state index is -0.464. The van der Waals surface area contributed by atoms with Gasteiger partial charge in [-0.25, -0.2) is 0 Å². The summed E-state index contributed by atoms with van der Waals surface area (Å²) in [5, 5.41) is 0. The van der Waals surface area contributed by atoms with Crippen LogP contribution in [0.15, 0.2) is 53.0 Å². The lowest BCUT2D eigenvalue weighted by Crippen LogP contribution is -2.44. The van der Waals surface area contributed by atoms with Gasteiger partial charge < -0.3 is 14.2 Å². The van der Waals surface area contributed by atoms with Gasteiger partial charge in [0.25, 0.3) is 5.91 Å². The molecule has 2 aromatic rings. The average molecular weight is 437 g/mol. The summed E-state index contributed by atoms with van der Waals surface area (Å²) in [5.41, 5.74) is 4.61. The molecule has 2 aromatic carbocycles. The first-order valence-corrected chi connectivity index (χ1v) is 9.18. The van der Waals surface area contributed by atoms with Crippen molar-refractivity contribution in [2.24, 2.45) is 0 Å². The Morgan fingerprint density at radius 3 is 2.19 bits per heavy atom. The number of halogens is 1. The highest BCUT2D eigenvalue weighted by Crippen LogP contribution is 2.26. The van der Waals surface area contributed by atoms with Crippen molar-refractivity contribution in [2.45, 2.75) is 13.3 Å². The normalized spacial score (nSPS) is 10.0. The molecule has 0 saturated carbocycles. The van der Waals surface area contributed by atoms with E-state index in [9.17, 15) is 9.59 Å². The van der Waals surface area contributed by atoms with Crippen LogP contribution in [-0.2, 0) is 9.59 Å². The van der Waals surface area contributed by atoms with E-state index in [0.717, 1.165) is 4.47 Å². The molecule has 7 nitrogen and oxygen atoms in total. The standard InChI is InChI=1S/C19H21BrN2O5/c1-2-25-16-5-3-4-6-17(16)26-12-11-18(23)21-22-19(24)13-27-15-9-7-14(20)8-10-15/h3-10H,2,11-13H2,1H3,(H,21,23)(H,22,24). The SMILES string of the molecule is CCOc1ccccc1OCCC(=O)NNC(=O)COc1ccc(Br)cc1. The highest BCUT2D eigenvalue weighted by molar-refractivity contribution is 9.10. The third-order valence-corrected chi connectivity index (χ3v) is 3.79. The monoisotopic (exact) mass is 436 g/mol. The molecule has 0 bridgehead atoms. The smallest absolute Gasteiger partial charge is 0.276 e. The van der Waals surface area contributed by atoms with Crippen LogP contribution >= 0.6 is 15.9 Å². The van der Waals surface area contributed by atoms with Crippen LogP contribution in [0.1, 0.15) is 13.3 Å². The molecule has 0 saturated heterocycles. The van der Waals surface area contributed by atoms with Gasteiger partial charge in [-0.15, -0.1) is 0 Å². The van der Waals surface area contributed by atoms with E-state index in [1.807, 2.05) is 19.1 Å². The fourth-order valence-electron chi connectivity index (χ4n) is 2.02. The van der Waals surface area contributed by atoms with Crippen LogP contribution in [0.2, 0.25) is 0 Å². The maximum absolute atomic E-state index is 11.8. The number of rotatable bonds is 9. The molecule has 0 radical (unpaired) electrons. The summed E-state index contributed by atoms with van der Waals surface area (Å²) in [6.45, 7) is 2.35. The van der Waals surface area contributed by atoms with E-state index in [1.165, 1.54) is 0 Å². The molecule has 2 amide bonds. The van der Waals surface area contributed by atoms with Gasteiger partial charge in [0, 0.05) is 4.47 Å². The highest BCUT2D eigenvalue weighted by atomic mass is 79.9. The van der Waals surface area contributed by atoms with Crippen LogP contribution in [-0.4, -0.2) is 31.6 Å². The summed E-state index contributed by atoms with van der Waals surface area (Å²) < 4.78 is 17.2. The van der Waals surface area contributed by atoms with Gasteiger partial charge >= 0.3 is 0 Å². The molecule has 2 N–H and O–H groups in total. The van der Waals surface area contributed by atoms with Gasteiger partial charge in [0.1, 0.15) is 5.75 Å². The van der Waals surface area contributed by atoms with Crippen LogP contribution in [0.5, 0.6) is 17.2 Å². The van der Waals surface area contributed by atoms with E-state index in [0.29, 0.717) is 23.9 Å². The Morgan fingerprint density at radius 1 is 0.889 bits per heavy atom. The molecular formula is C19H21BrN2O5. The van der Waals surface area contributed by atoms with Crippen LogP contribution < -0.4 is 25.1 Å². The molecule has 2 rings (SSSR count). The number of ether oxygens (including phenoxy) is 3. The predicted molar refractivity (Wildman–Crippen MR) is 104 cm³/mol. The molecule has 8 heteroatoms. The number of carbonyl (C=O) groups excluding carboxylic acids is 2. The summed E-state index contributed by atoms with van der Waals surface area (Å²) >= 11 is 3.31. The van der Waals surface area contributed by atoms with Gasteiger partial charge in [-0.2, -0.15) is 0 Å². The van der Waals surface area contributed by atoms with Gasteiger partial charge in [-0.05, 0) is 43.3 Å². The molecule has 0 heterocycles. The average Bonchev–Trinajstić information content (AvgIpc) is 2.67. The maximum atomic E-state index is 11.8. The summed E-state index contributed by atoms with van der Waals surface area (Å²) in [6, 6.07) is 14.3. The number of hydrogen-bond acceptors (Lipinski definition) is 5. The van der Waals surface area contributed by atoms with Crippen LogP contribution in [0, 0.1) is 0 Å². The van der Waals surface area contributed by atoms with E-state index in [-0.39, 0.29) is 25.5 Å². The van der Waals surface area contributed by atoms with Crippen LogP contribution in [0.25, 0.3) is 0 Å². The first kappa shape index (κ1) is 20.6. The molecule has 0 spiro atoms. The Morgan fingerprint density at radius 2 is 1.52 bits per heavy atom. The number of amides is 2. The van der Waals surface area contributed by atoms with E-state index in [2.05, 4.69) is 26.8 Å². The van der Waals surface area contributed by atoms with Gasteiger partial charge in [0.2, 0.25) is 5.91 Å². The number of benzene rings is 2. The van der Waals surface area contributed by atoms with Crippen molar-refractivity contribution in [3.05, 3.63) is 53.0 Å². The van der Waals surface area contributed by atoms with Crippen molar-refractivity contribution in [1.82, 2.24) is 10.9 Å². The zero-order chi connectivity index (χ0) is 19.5. The molecule has 0 atom stereocenters. The van der Waals surface area contributed by atoms with Crippen molar-refractivity contribution in [1.29, 1.82) is 0 Å². The number of nitrogens with one attached hydrogen (secondary N) is 2. The zero-order valence-electron chi connectivity index (χ0n) is 14.9. The van der Waals surface area contributed by atoms with Gasteiger partial charge in [-0.3, -0.25) is 20.4 Å². The summed E-state index contributed by atoms with van der Waals surface area (Å²) in [4.78, 5) is 23.5. The topological polar surface area (TPSA) is 85.9 Å². The van der Waals surface area contributed by atoms with Crippen molar-refractivity contribution < 1.29 is 23.8 Å². The van der Waals surface area contributed by atoms with Crippen LogP contribution in [0.4, 0.5) is 0 Å². The highest BCUT2D eigenvalue weighted by Gasteiger charge is 2.08. The maximum Gasteiger partial charge on any atom is 0.276 e. The second kappa shape index (κ2) is 11.1. The lowest BCUT2D eigenvalue weighted by molar-refractivity contribution is -0.130. The number of hydrogen-bond donors (Lipinski definition) is 2. The Hall–Kier alpha value is -2.74. The molecule has 0 aliphatic rings. The van der Waals surface area contributed by atoms with Crippen molar-refractivity contribution in [2.75, 3.05) is 19.8 Å². The number of hydrazine groups is 1. The summed E-state index contributed by atoms with van der Waals surface area (Å²) in [6.07, 6.45) is 0.0777. The third kappa shape index (κ3) is 7.57. The molecule has 0 fully saturated rings. The van der Waals surface area contributed by atoms with Crippen molar-refractivity contribution in [3.63, 3.8) is 0 Å². The minimum Gasteiger partial charge on any atom is -0.490 e. The second-order valence-corrected chi connectivity index (χ2v) is 6.23. The largest absolute Gasteiger partial charge is 0.490 e. The van der Waals surface area contributed by atoms with Gasteiger partial charge in [0.05, 0.1) is 19.6 Å². The van der Waals surface area contributed by atoms with E-state index in [1.54, 1.807) is 36.4 Å². The first-order valence-electron chi connectivity index (χ1n) is 8.39. The Kier molecular flexibility index (Phi) is 8.44. The van der Waals surface area contributed by atoms with Gasteiger partial charge in [-0.1, -0.05) is 28.1 Å². The first-order chi connectivity index (χ1) is 13.1. The minimum absolute atomic E-state index is 0.0777.